The van der Waals surface area contributed by atoms with Crippen LogP contribution in [0.5, 0.6) is 0 Å². The lowest BCUT2D eigenvalue weighted by molar-refractivity contribution is 0.0904. The first-order valence-corrected chi connectivity index (χ1v) is 6.16. The van der Waals surface area contributed by atoms with Gasteiger partial charge in [-0.1, -0.05) is 0 Å². The lowest BCUT2D eigenvalue weighted by Crippen LogP contribution is -2.28. The molecule has 0 aliphatic carbocycles. The van der Waals surface area contributed by atoms with Gasteiger partial charge < -0.3 is 21.1 Å². The summed E-state index contributed by atoms with van der Waals surface area (Å²) in [6.45, 7) is 1.54. The smallest absolute Gasteiger partial charge is 0.251 e. The summed E-state index contributed by atoms with van der Waals surface area (Å²) >= 11 is 0. The number of rotatable bonds is 3. The Labute approximate surface area is 107 Å². The van der Waals surface area contributed by atoms with E-state index >= 15 is 0 Å². The van der Waals surface area contributed by atoms with Crippen LogP contribution in [0.1, 0.15) is 23.2 Å². The number of benzene rings is 1. The van der Waals surface area contributed by atoms with Gasteiger partial charge in [0.2, 0.25) is 0 Å². The van der Waals surface area contributed by atoms with Crippen molar-refractivity contribution >= 4 is 17.3 Å². The quantitative estimate of drug-likeness (QED) is 0.704. The third kappa shape index (κ3) is 2.92. The standard InChI is InChI=1S/C13H19N3O2/c1-15-13(17)9-2-3-11(14)12(8-9)16-10-4-6-18-7-5-10/h2-3,8,10,16H,4-7,14H2,1H3,(H,15,17). The minimum absolute atomic E-state index is 0.106. The topological polar surface area (TPSA) is 76.4 Å². The van der Waals surface area contributed by atoms with Crippen molar-refractivity contribution in [1.29, 1.82) is 0 Å². The van der Waals surface area contributed by atoms with Gasteiger partial charge in [0.25, 0.3) is 5.91 Å². The average molecular weight is 249 g/mol. The number of hydrogen-bond donors (Lipinski definition) is 3. The molecule has 0 aromatic heterocycles. The molecule has 0 spiro atoms. The van der Waals surface area contributed by atoms with E-state index in [2.05, 4.69) is 10.6 Å². The predicted octanol–water partition coefficient (Wildman–Crippen LogP) is 1.22. The molecule has 18 heavy (non-hydrogen) atoms. The number of amides is 1. The van der Waals surface area contributed by atoms with Crippen molar-refractivity contribution in [2.45, 2.75) is 18.9 Å². The molecular weight excluding hydrogens is 230 g/mol. The highest BCUT2D eigenvalue weighted by molar-refractivity contribution is 5.96. The Morgan fingerprint density at radius 2 is 2.11 bits per heavy atom. The van der Waals surface area contributed by atoms with Gasteiger partial charge in [0.15, 0.2) is 0 Å². The average Bonchev–Trinajstić information content (AvgIpc) is 2.41. The van der Waals surface area contributed by atoms with E-state index in [4.69, 9.17) is 10.5 Å². The van der Waals surface area contributed by atoms with E-state index in [1.807, 2.05) is 0 Å². The Balaban J connectivity index is 2.12. The van der Waals surface area contributed by atoms with Gasteiger partial charge in [-0.25, -0.2) is 0 Å². The molecule has 1 aromatic carbocycles. The molecule has 5 nitrogen and oxygen atoms in total. The first kappa shape index (κ1) is 12.7. The van der Waals surface area contributed by atoms with Gasteiger partial charge in [0.1, 0.15) is 0 Å². The highest BCUT2D eigenvalue weighted by Crippen LogP contribution is 2.23. The Hall–Kier alpha value is -1.75. The normalized spacial score (nSPS) is 16.3. The molecule has 4 N–H and O–H groups in total. The summed E-state index contributed by atoms with van der Waals surface area (Å²) in [6, 6.07) is 5.64. The summed E-state index contributed by atoms with van der Waals surface area (Å²) in [5, 5.41) is 5.99. The number of nitrogens with two attached hydrogens (primary N) is 1. The van der Waals surface area contributed by atoms with E-state index in [0.717, 1.165) is 31.7 Å². The SMILES string of the molecule is CNC(=O)c1ccc(N)c(NC2CCOCC2)c1. The number of nitrogen functional groups attached to an aromatic ring is 1. The molecule has 1 aliphatic rings. The number of hydrogen-bond acceptors (Lipinski definition) is 4. The molecule has 1 aromatic rings. The molecule has 2 rings (SSSR count). The summed E-state index contributed by atoms with van der Waals surface area (Å²) in [7, 11) is 1.62. The van der Waals surface area contributed by atoms with Crippen molar-refractivity contribution in [3.05, 3.63) is 23.8 Å². The van der Waals surface area contributed by atoms with E-state index in [9.17, 15) is 4.79 Å². The fourth-order valence-corrected chi connectivity index (χ4v) is 2.03. The van der Waals surface area contributed by atoms with Crippen LogP contribution in [0, 0.1) is 0 Å². The Morgan fingerprint density at radius 3 is 2.78 bits per heavy atom. The van der Waals surface area contributed by atoms with E-state index in [-0.39, 0.29) is 5.91 Å². The first-order chi connectivity index (χ1) is 8.70. The fourth-order valence-electron chi connectivity index (χ4n) is 2.03. The van der Waals surface area contributed by atoms with Gasteiger partial charge in [-0.15, -0.1) is 0 Å². The van der Waals surface area contributed by atoms with Crippen LogP contribution < -0.4 is 16.4 Å². The molecule has 5 heteroatoms. The van der Waals surface area contributed by atoms with E-state index in [1.54, 1.807) is 25.2 Å². The summed E-state index contributed by atoms with van der Waals surface area (Å²) in [5.74, 6) is -0.106. The second-order valence-corrected chi connectivity index (χ2v) is 4.41. The van der Waals surface area contributed by atoms with Gasteiger partial charge in [-0.05, 0) is 31.0 Å². The molecule has 1 amide bonds. The summed E-state index contributed by atoms with van der Waals surface area (Å²) < 4.78 is 5.31. The molecule has 0 bridgehead atoms. The molecule has 98 valence electrons. The molecular formula is C13H19N3O2. The van der Waals surface area contributed by atoms with Gasteiger partial charge in [-0.3, -0.25) is 4.79 Å². The minimum Gasteiger partial charge on any atom is -0.397 e. The third-order valence-corrected chi connectivity index (χ3v) is 3.12. The highest BCUT2D eigenvalue weighted by Gasteiger charge is 2.15. The number of carbonyl (C=O) groups is 1. The second-order valence-electron chi connectivity index (χ2n) is 4.41. The Bertz CT molecular complexity index is 428. The van der Waals surface area contributed by atoms with Crippen LogP contribution in [0.3, 0.4) is 0 Å². The third-order valence-electron chi connectivity index (χ3n) is 3.12. The molecule has 0 atom stereocenters. The van der Waals surface area contributed by atoms with Crippen molar-refractivity contribution < 1.29 is 9.53 Å². The van der Waals surface area contributed by atoms with E-state index in [1.165, 1.54) is 0 Å². The fraction of sp³-hybridized carbons (Fsp3) is 0.462. The maximum absolute atomic E-state index is 11.6. The Kier molecular flexibility index (Phi) is 4.04. The molecule has 1 heterocycles. The predicted molar refractivity (Wildman–Crippen MR) is 71.7 cm³/mol. The lowest BCUT2D eigenvalue weighted by atomic mass is 10.1. The van der Waals surface area contributed by atoms with Crippen molar-refractivity contribution in [2.75, 3.05) is 31.3 Å². The lowest BCUT2D eigenvalue weighted by Gasteiger charge is -2.25. The van der Waals surface area contributed by atoms with Crippen LogP contribution in [0.2, 0.25) is 0 Å². The zero-order valence-corrected chi connectivity index (χ0v) is 10.5. The zero-order chi connectivity index (χ0) is 13.0. The Morgan fingerprint density at radius 1 is 1.39 bits per heavy atom. The summed E-state index contributed by atoms with van der Waals surface area (Å²) in [4.78, 5) is 11.6. The maximum Gasteiger partial charge on any atom is 0.251 e. The number of nitrogens with one attached hydrogen (secondary N) is 2. The van der Waals surface area contributed by atoms with E-state index < -0.39 is 0 Å². The monoisotopic (exact) mass is 249 g/mol. The van der Waals surface area contributed by atoms with E-state index in [0.29, 0.717) is 17.3 Å². The van der Waals surface area contributed by atoms with Crippen LogP contribution in [0.15, 0.2) is 18.2 Å². The van der Waals surface area contributed by atoms with Crippen molar-refractivity contribution in [3.8, 4) is 0 Å². The molecule has 1 aliphatic heterocycles. The van der Waals surface area contributed by atoms with Crippen LogP contribution in [0.25, 0.3) is 0 Å². The minimum atomic E-state index is -0.106. The molecule has 1 saturated heterocycles. The summed E-state index contributed by atoms with van der Waals surface area (Å²) in [6.07, 6.45) is 1.92. The maximum atomic E-state index is 11.6. The number of anilines is 2. The van der Waals surface area contributed by atoms with Gasteiger partial charge in [0.05, 0.1) is 11.4 Å². The van der Waals surface area contributed by atoms with Gasteiger partial charge in [0, 0.05) is 31.9 Å². The van der Waals surface area contributed by atoms with Crippen LogP contribution in [-0.4, -0.2) is 32.2 Å². The van der Waals surface area contributed by atoms with Crippen molar-refractivity contribution in [3.63, 3.8) is 0 Å². The molecule has 0 radical (unpaired) electrons. The zero-order valence-electron chi connectivity index (χ0n) is 10.5. The molecule has 0 unspecified atom stereocenters. The molecule has 1 fully saturated rings. The van der Waals surface area contributed by atoms with Crippen LogP contribution in [-0.2, 0) is 4.74 Å². The largest absolute Gasteiger partial charge is 0.397 e. The van der Waals surface area contributed by atoms with Gasteiger partial charge in [-0.2, -0.15) is 0 Å². The first-order valence-electron chi connectivity index (χ1n) is 6.16. The number of ether oxygens (including phenoxy) is 1. The van der Waals surface area contributed by atoms with Crippen LogP contribution >= 0.6 is 0 Å². The molecule has 0 saturated carbocycles. The second kappa shape index (κ2) is 5.73. The van der Waals surface area contributed by atoms with Crippen molar-refractivity contribution in [2.24, 2.45) is 0 Å². The number of carbonyl (C=O) groups excluding carboxylic acids is 1. The highest BCUT2D eigenvalue weighted by atomic mass is 16.5. The van der Waals surface area contributed by atoms with Crippen molar-refractivity contribution in [1.82, 2.24) is 5.32 Å². The summed E-state index contributed by atoms with van der Waals surface area (Å²) in [5.41, 5.74) is 8.02. The van der Waals surface area contributed by atoms with Crippen LogP contribution in [0.4, 0.5) is 11.4 Å². The van der Waals surface area contributed by atoms with Gasteiger partial charge >= 0.3 is 0 Å².